The number of thiophene rings is 1. The second-order valence-corrected chi connectivity index (χ2v) is 5.28. The van der Waals surface area contributed by atoms with Gasteiger partial charge < -0.3 is 15.7 Å². The summed E-state index contributed by atoms with van der Waals surface area (Å²) in [6, 6.07) is 9.16. The van der Waals surface area contributed by atoms with Gasteiger partial charge in [0.25, 0.3) is 5.91 Å². The van der Waals surface area contributed by atoms with Crippen LogP contribution in [0.15, 0.2) is 35.7 Å². The first-order chi connectivity index (χ1) is 9.69. The van der Waals surface area contributed by atoms with E-state index in [1.165, 1.54) is 11.3 Å². The summed E-state index contributed by atoms with van der Waals surface area (Å²) in [5, 5.41) is 11.1. The molecule has 106 valence electrons. The Bertz CT molecular complexity index is 595. The summed E-state index contributed by atoms with van der Waals surface area (Å²) in [5.74, 6) is -0.108. The van der Waals surface area contributed by atoms with Crippen molar-refractivity contribution >= 4 is 28.6 Å². The summed E-state index contributed by atoms with van der Waals surface area (Å²) < 4.78 is 0. The minimum absolute atomic E-state index is 0.104. The molecule has 0 saturated carbocycles. The maximum absolute atomic E-state index is 12.7. The van der Waals surface area contributed by atoms with Crippen molar-refractivity contribution in [2.45, 2.75) is 13.3 Å². The van der Waals surface area contributed by atoms with E-state index in [2.05, 4.69) is 0 Å². The van der Waals surface area contributed by atoms with Crippen molar-refractivity contribution in [3.8, 4) is 0 Å². The third kappa shape index (κ3) is 2.84. The first-order valence-electron chi connectivity index (χ1n) is 6.52. The second-order valence-electron chi connectivity index (χ2n) is 4.37. The monoisotopic (exact) mass is 290 g/mol. The maximum atomic E-state index is 12.7. The number of para-hydroxylation sites is 2. The lowest BCUT2D eigenvalue weighted by molar-refractivity contribution is 0.0984. The number of carbonyl (C=O) groups excluding carboxylic acids is 1. The summed E-state index contributed by atoms with van der Waals surface area (Å²) in [5.41, 5.74) is 8.14. The van der Waals surface area contributed by atoms with Crippen molar-refractivity contribution in [1.29, 1.82) is 0 Å². The SMILES string of the molecule is CCc1ccsc1C(=O)N(CCO)c1ccccc1N. The third-order valence-corrected chi connectivity index (χ3v) is 4.06. The molecule has 0 spiro atoms. The van der Waals surface area contributed by atoms with Crippen LogP contribution in [0.2, 0.25) is 0 Å². The largest absolute Gasteiger partial charge is 0.397 e. The fourth-order valence-corrected chi connectivity index (χ4v) is 3.03. The molecule has 0 aliphatic rings. The van der Waals surface area contributed by atoms with Crippen LogP contribution in [0, 0.1) is 0 Å². The molecule has 1 heterocycles. The van der Waals surface area contributed by atoms with Crippen LogP contribution in [0.4, 0.5) is 11.4 Å². The number of carbonyl (C=O) groups is 1. The number of anilines is 2. The molecule has 1 aromatic heterocycles. The fourth-order valence-electron chi connectivity index (χ4n) is 2.09. The minimum atomic E-state index is -0.108. The second kappa shape index (κ2) is 6.54. The average Bonchev–Trinajstić information content (AvgIpc) is 2.93. The Labute approximate surface area is 122 Å². The standard InChI is InChI=1S/C15H18N2O2S/c1-2-11-7-10-20-14(11)15(19)17(8-9-18)13-6-4-3-5-12(13)16/h3-7,10,18H,2,8-9,16H2,1H3. The summed E-state index contributed by atoms with van der Waals surface area (Å²) in [4.78, 5) is 15.0. The number of benzene rings is 1. The van der Waals surface area contributed by atoms with Crippen LogP contribution < -0.4 is 10.6 Å². The van der Waals surface area contributed by atoms with Crippen LogP contribution in [0.5, 0.6) is 0 Å². The number of amides is 1. The summed E-state index contributed by atoms with van der Waals surface area (Å²) >= 11 is 1.42. The van der Waals surface area contributed by atoms with Crippen molar-refractivity contribution in [3.63, 3.8) is 0 Å². The first kappa shape index (κ1) is 14.6. The van der Waals surface area contributed by atoms with E-state index >= 15 is 0 Å². The molecular weight excluding hydrogens is 272 g/mol. The van der Waals surface area contributed by atoms with Crippen LogP contribution in [-0.4, -0.2) is 24.2 Å². The number of nitrogens with zero attached hydrogens (tertiary/aromatic N) is 1. The van der Waals surface area contributed by atoms with Gasteiger partial charge in [-0.05, 0) is 35.6 Å². The van der Waals surface area contributed by atoms with Gasteiger partial charge in [0, 0.05) is 6.54 Å². The zero-order chi connectivity index (χ0) is 14.5. The Kier molecular flexibility index (Phi) is 4.76. The van der Waals surface area contributed by atoms with E-state index in [4.69, 9.17) is 5.73 Å². The van der Waals surface area contributed by atoms with Crippen molar-refractivity contribution in [2.75, 3.05) is 23.8 Å². The number of aliphatic hydroxyl groups excluding tert-OH is 1. The predicted molar refractivity (Wildman–Crippen MR) is 83.3 cm³/mol. The molecule has 0 unspecified atom stereocenters. The van der Waals surface area contributed by atoms with E-state index in [0.29, 0.717) is 16.3 Å². The van der Waals surface area contributed by atoms with E-state index < -0.39 is 0 Å². The molecule has 0 atom stereocenters. The van der Waals surface area contributed by atoms with Crippen molar-refractivity contribution < 1.29 is 9.90 Å². The van der Waals surface area contributed by atoms with Crippen LogP contribution in [0.3, 0.4) is 0 Å². The van der Waals surface area contributed by atoms with E-state index in [-0.39, 0.29) is 19.1 Å². The zero-order valence-corrected chi connectivity index (χ0v) is 12.2. The molecule has 0 bridgehead atoms. The van der Waals surface area contributed by atoms with Crippen LogP contribution in [0.1, 0.15) is 22.2 Å². The van der Waals surface area contributed by atoms with Crippen LogP contribution in [-0.2, 0) is 6.42 Å². The Hall–Kier alpha value is -1.85. The Morgan fingerprint density at radius 3 is 2.75 bits per heavy atom. The maximum Gasteiger partial charge on any atom is 0.268 e. The molecule has 1 aromatic carbocycles. The van der Waals surface area contributed by atoms with Gasteiger partial charge in [-0.1, -0.05) is 19.1 Å². The predicted octanol–water partition coefficient (Wildman–Crippen LogP) is 2.53. The van der Waals surface area contributed by atoms with Gasteiger partial charge in [-0.3, -0.25) is 4.79 Å². The molecule has 20 heavy (non-hydrogen) atoms. The minimum Gasteiger partial charge on any atom is -0.397 e. The molecule has 0 aliphatic carbocycles. The van der Waals surface area contributed by atoms with E-state index in [1.54, 1.807) is 17.0 Å². The van der Waals surface area contributed by atoms with Gasteiger partial charge in [0.2, 0.25) is 0 Å². The lowest BCUT2D eigenvalue weighted by Gasteiger charge is -2.23. The fraction of sp³-hybridized carbons (Fsp3) is 0.267. The Morgan fingerprint density at radius 2 is 2.10 bits per heavy atom. The highest BCUT2D eigenvalue weighted by atomic mass is 32.1. The van der Waals surface area contributed by atoms with Gasteiger partial charge in [-0.15, -0.1) is 11.3 Å². The number of nitrogen functional groups attached to an aromatic ring is 1. The normalized spacial score (nSPS) is 10.5. The number of aryl methyl sites for hydroxylation is 1. The molecule has 0 fully saturated rings. The van der Waals surface area contributed by atoms with Gasteiger partial charge in [-0.25, -0.2) is 0 Å². The van der Waals surface area contributed by atoms with Crippen LogP contribution in [0.25, 0.3) is 0 Å². The van der Waals surface area contributed by atoms with Crippen molar-refractivity contribution in [3.05, 3.63) is 46.2 Å². The highest BCUT2D eigenvalue weighted by Crippen LogP contribution is 2.27. The molecule has 5 heteroatoms. The number of nitrogens with two attached hydrogens (primary N) is 1. The highest BCUT2D eigenvalue weighted by molar-refractivity contribution is 7.12. The van der Waals surface area contributed by atoms with E-state index in [1.807, 2.05) is 30.5 Å². The molecule has 0 aliphatic heterocycles. The van der Waals surface area contributed by atoms with Crippen molar-refractivity contribution in [2.24, 2.45) is 0 Å². The molecule has 0 radical (unpaired) electrons. The van der Waals surface area contributed by atoms with E-state index in [9.17, 15) is 9.90 Å². The molecule has 2 aromatic rings. The zero-order valence-electron chi connectivity index (χ0n) is 11.4. The number of hydrogen-bond acceptors (Lipinski definition) is 4. The van der Waals surface area contributed by atoms with Crippen molar-refractivity contribution in [1.82, 2.24) is 0 Å². The Balaban J connectivity index is 2.39. The topological polar surface area (TPSA) is 66.6 Å². The lowest BCUT2D eigenvalue weighted by Crippen LogP contribution is -2.34. The number of hydrogen-bond donors (Lipinski definition) is 2. The molecule has 3 N–H and O–H groups in total. The van der Waals surface area contributed by atoms with Gasteiger partial charge in [0.05, 0.1) is 22.9 Å². The molecule has 0 saturated heterocycles. The van der Waals surface area contributed by atoms with Gasteiger partial charge in [-0.2, -0.15) is 0 Å². The highest BCUT2D eigenvalue weighted by Gasteiger charge is 2.22. The quantitative estimate of drug-likeness (QED) is 0.832. The smallest absolute Gasteiger partial charge is 0.268 e. The Morgan fingerprint density at radius 1 is 1.35 bits per heavy atom. The molecular formula is C15H18N2O2S. The average molecular weight is 290 g/mol. The lowest BCUT2D eigenvalue weighted by atomic mass is 10.1. The summed E-state index contributed by atoms with van der Waals surface area (Å²) in [6.07, 6.45) is 0.807. The number of aliphatic hydroxyl groups is 1. The first-order valence-corrected chi connectivity index (χ1v) is 7.40. The molecule has 2 rings (SSSR count). The number of rotatable bonds is 5. The van der Waals surface area contributed by atoms with E-state index in [0.717, 1.165) is 12.0 Å². The summed E-state index contributed by atoms with van der Waals surface area (Å²) in [6.45, 7) is 2.15. The van der Waals surface area contributed by atoms with Crippen LogP contribution >= 0.6 is 11.3 Å². The third-order valence-electron chi connectivity index (χ3n) is 3.12. The van der Waals surface area contributed by atoms with Gasteiger partial charge >= 0.3 is 0 Å². The van der Waals surface area contributed by atoms with Gasteiger partial charge in [0.1, 0.15) is 0 Å². The molecule has 4 nitrogen and oxygen atoms in total. The molecule has 1 amide bonds. The van der Waals surface area contributed by atoms with Gasteiger partial charge in [0.15, 0.2) is 0 Å². The summed E-state index contributed by atoms with van der Waals surface area (Å²) in [7, 11) is 0.